The summed E-state index contributed by atoms with van der Waals surface area (Å²) in [7, 11) is -4.73. The van der Waals surface area contributed by atoms with E-state index in [9.17, 15) is 14.2 Å². The third kappa shape index (κ3) is 29.6. The number of carbonyl (C=O) groups excluding carboxylic acids is 2. The maximum Gasteiger partial charge on any atom is 0.469 e. The van der Waals surface area contributed by atoms with Gasteiger partial charge < -0.3 is 19.3 Å². The number of rotatable bonds is 28. The van der Waals surface area contributed by atoms with Gasteiger partial charge in [0.2, 0.25) is 0 Å². The van der Waals surface area contributed by atoms with E-state index in [1.165, 1.54) is 64.2 Å². The second kappa shape index (κ2) is 27.0. The van der Waals surface area contributed by atoms with Gasteiger partial charge in [0.05, 0.1) is 6.61 Å². The first-order valence-electron chi connectivity index (χ1n) is 15.5. The largest absolute Gasteiger partial charge is 0.469 e. The van der Waals surface area contributed by atoms with Crippen molar-refractivity contribution in [2.24, 2.45) is 0 Å². The van der Waals surface area contributed by atoms with E-state index in [0.29, 0.717) is 6.42 Å². The highest BCUT2D eigenvalue weighted by Gasteiger charge is 2.22. The molecule has 0 aromatic carbocycles. The second-order valence-electron chi connectivity index (χ2n) is 10.4. The summed E-state index contributed by atoms with van der Waals surface area (Å²) in [5.74, 6) is -0.899. The van der Waals surface area contributed by atoms with Gasteiger partial charge in [-0.25, -0.2) is 4.57 Å². The first-order chi connectivity index (χ1) is 18.8. The van der Waals surface area contributed by atoms with Crippen molar-refractivity contribution in [1.82, 2.24) is 0 Å². The Kier molecular flexibility index (Phi) is 26.1. The lowest BCUT2D eigenvalue weighted by Crippen LogP contribution is -2.29. The molecule has 39 heavy (non-hydrogen) atoms. The Morgan fingerprint density at radius 3 is 1.59 bits per heavy atom. The molecule has 0 bridgehead atoms. The van der Waals surface area contributed by atoms with Gasteiger partial charge in [-0.15, -0.1) is 0 Å². The molecule has 0 rings (SSSR count). The molecular weight excluding hydrogens is 519 g/mol. The number of esters is 2. The maximum atomic E-state index is 12.2. The van der Waals surface area contributed by atoms with Crippen molar-refractivity contribution in [1.29, 1.82) is 0 Å². The van der Waals surface area contributed by atoms with Crippen LogP contribution in [0.4, 0.5) is 0 Å². The lowest BCUT2D eigenvalue weighted by Gasteiger charge is -2.18. The molecule has 0 amide bonds. The van der Waals surface area contributed by atoms with Crippen molar-refractivity contribution in [3.63, 3.8) is 0 Å². The molecule has 0 fully saturated rings. The highest BCUT2D eigenvalue weighted by molar-refractivity contribution is 7.46. The highest BCUT2D eigenvalue weighted by atomic mass is 31.2. The third-order valence-corrected chi connectivity index (χ3v) is 7.02. The Bertz CT molecular complexity index is 661. The third-order valence-electron chi connectivity index (χ3n) is 6.53. The summed E-state index contributed by atoms with van der Waals surface area (Å²) in [5.41, 5.74) is 0. The summed E-state index contributed by atoms with van der Waals surface area (Å²) in [5, 5.41) is 0. The van der Waals surface area contributed by atoms with Crippen molar-refractivity contribution in [2.45, 2.75) is 155 Å². The normalized spacial score (nSPS) is 12.6. The minimum atomic E-state index is -4.73. The molecule has 8 nitrogen and oxygen atoms in total. The van der Waals surface area contributed by atoms with Crippen LogP contribution >= 0.6 is 7.82 Å². The molecule has 0 spiro atoms. The van der Waals surface area contributed by atoms with Crippen LogP contribution < -0.4 is 0 Å². The summed E-state index contributed by atoms with van der Waals surface area (Å²) in [6, 6.07) is 0. The molecule has 0 saturated heterocycles. The van der Waals surface area contributed by atoms with Gasteiger partial charge in [0.15, 0.2) is 6.10 Å². The lowest BCUT2D eigenvalue weighted by atomic mass is 10.1. The first-order valence-corrected chi connectivity index (χ1v) is 17.0. The van der Waals surface area contributed by atoms with Crippen LogP contribution in [-0.2, 0) is 28.2 Å². The van der Waals surface area contributed by atoms with Crippen molar-refractivity contribution >= 4 is 19.8 Å². The van der Waals surface area contributed by atoms with E-state index in [0.717, 1.165) is 51.4 Å². The van der Waals surface area contributed by atoms with Crippen molar-refractivity contribution in [3.05, 3.63) is 12.2 Å². The van der Waals surface area contributed by atoms with Gasteiger partial charge in [-0.1, -0.05) is 109 Å². The number of phosphoric acid groups is 1. The standard InChI is InChI=1S/C30H57O8P/c1-3-5-7-9-11-13-14-15-16-17-19-21-23-25-30(32)38-28(27-37-39(33,34)35)26-36-29(31)24-22-20-18-12-10-8-6-4-2/h13-14,28H,3-12,15-27H2,1-2H3,(H2,33,34,35)/b14-13+/t28-/m1/s1. The summed E-state index contributed by atoms with van der Waals surface area (Å²) in [4.78, 5) is 42.3. The highest BCUT2D eigenvalue weighted by Crippen LogP contribution is 2.35. The smallest absolute Gasteiger partial charge is 0.462 e. The predicted octanol–water partition coefficient (Wildman–Crippen LogP) is 8.34. The summed E-state index contributed by atoms with van der Waals surface area (Å²) in [6.45, 7) is 3.59. The van der Waals surface area contributed by atoms with Crippen LogP contribution in [0.15, 0.2) is 12.2 Å². The number of carbonyl (C=O) groups is 2. The molecule has 0 unspecified atom stereocenters. The minimum Gasteiger partial charge on any atom is -0.462 e. The average Bonchev–Trinajstić information content (AvgIpc) is 2.89. The number of hydrogen-bond donors (Lipinski definition) is 2. The topological polar surface area (TPSA) is 119 Å². The molecular formula is C30H57O8P. The molecule has 2 N–H and O–H groups in total. The summed E-state index contributed by atoms with van der Waals surface area (Å²) < 4.78 is 26.1. The van der Waals surface area contributed by atoms with E-state index in [1.807, 2.05) is 0 Å². The van der Waals surface area contributed by atoms with Crippen LogP contribution in [0.1, 0.15) is 149 Å². The lowest BCUT2D eigenvalue weighted by molar-refractivity contribution is -0.161. The van der Waals surface area contributed by atoms with Gasteiger partial charge in [0, 0.05) is 12.8 Å². The zero-order chi connectivity index (χ0) is 29.0. The molecule has 0 aromatic heterocycles. The number of phosphoric ester groups is 1. The quantitative estimate of drug-likeness (QED) is 0.0413. The molecule has 0 aliphatic carbocycles. The van der Waals surface area contributed by atoms with Crippen LogP contribution in [0, 0.1) is 0 Å². The predicted molar refractivity (Wildman–Crippen MR) is 156 cm³/mol. The zero-order valence-corrected chi connectivity index (χ0v) is 25.7. The minimum absolute atomic E-state index is 0.205. The van der Waals surface area contributed by atoms with Crippen LogP contribution in [0.2, 0.25) is 0 Å². The molecule has 9 heteroatoms. The van der Waals surface area contributed by atoms with Crippen LogP contribution in [0.3, 0.4) is 0 Å². The monoisotopic (exact) mass is 576 g/mol. The Morgan fingerprint density at radius 1 is 0.641 bits per heavy atom. The van der Waals surface area contributed by atoms with Gasteiger partial charge in [-0.05, 0) is 38.5 Å². The Labute approximate surface area is 237 Å². The van der Waals surface area contributed by atoms with E-state index < -0.39 is 32.5 Å². The molecule has 0 aliphatic heterocycles. The zero-order valence-electron chi connectivity index (χ0n) is 24.8. The number of ether oxygens (including phenoxy) is 2. The number of allylic oxidation sites excluding steroid dienone is 2. The van der Waals surface area contributed by atoms with Gasteiger partial charge in [-0.2, -0.15) is 0 Å². The van der Waals surface area contributed by atoms with Crippen molar-refractivity contribution in [3.8, 4) is 0 Å². The second-order valence-corrected chi connectivity index (χ2v) is 11.7. The molecule has 0 saturated carbocycles. The molecule has 0 radical (unpaired) electrons. The maximum absolute atomic E-state index is 12.2. The van der Waals surface area contributed by atoms with Crippen LogP contribution in [0.5, 0.6) is 0 Å². The van der Waals surface area contributed by atoms with E-state index in [1.54, 1.807) is 0 Å². The SMILES string of the molecule is CCCCCC/C=C/CCCCCCCC(=O)O[C@H](COC(=O)CCCCCCCCCC)COP(=O)(O)O. The van der Waals surface area contributed by atoms with E-state index >= 15 is 0 Å². The van der Waals surface area contributed by atoms with Crippen molar-refractivity contribution < 1.29 is 37.9 Å². The summed E-state index contributed by atoms with van der Waals surface area (Å²) >= 11 is 0. The van der Waals surface area contributed by atoms with Gasteiger partial charge in [0.25, 0.3) is 0 Å². The van der Waals surface area contributed by atoms with Gasteiger partial charge >= 0.3 is 19.8 Å². The van der Waals surface area contributed by atoms with Gasteiger partial charge in [-0.3, -0.25) is 14.1 Å². The van der Waals surface area contributed by atoms with Gasteiger partial charge in [0.1, 0.15) is 6.61 Å². The Balaban J connectivity index is 4.06. The number of unbranched alkanes of at least 4 members (excludes halogenated alkanes) is 16. The number of hydrogen-bond acceptors (Lipinski definition) is 6. The molecule has 0 heterocycles. The molecule has 0 aromatic rings. The molecule has 1 atom stereocenters. The van der Waals surface area contributed by atoms with Crippen molar-refractivity contribution in [2.75, 3.05) is 13.2 Å². The van der Waals surface area contributed by atoms with Crippen LogP contribution in [0.25, 0.3) is 0 Å². The fraction of sp³-hybridized carbons (Fsp3) is 0.867. The average molecular weight is 577 g/mol. The Morgan fingerprint density at radius 2 is 1.08 bits per heavy atom. The fourth-order valence-electron chi connectivity index (χ4n) is 4.19. The van der Waals surface area contributed by atoms with E-state index in [4.69, 9.17) is 19.3 Å². The summed E-state index contributed by atoms with van der Waals surface area (Å²) in [6.07, 6.45) is 25.2. The molecule has 230 valence electrons. The van der Waals surface area contributed by atoms with Crippen LogP contribution in [-0.4, -0.2) is 41.0 Å². The molecule has 0 aliphatic rings. The Hall–Kier alpha value is -1.21. The first kappa shape index (κ1) is 37.8. The fourth-order valence-corrected chi connectivity index (χ4v) is 4.55. The van der Waals surface area contributed by atoms with E-state index in [2.05, 4.69) is 30.5 Å². The van der Waals surface area contributed by atoms with E-state index in [-0.39, 0.29) is 19.4 Å².